The lowest BCUT2D eigenvalue weighted by molar-refractivity contribution is 0.566. The van der Waals surface area contributed by atoms with Crippen LogP contribution < -0.4 is 4.72 Å². The molecule has 0 bridgehead atoms. The lowest BCUT2D eigenvalue weighted by Gasteiger charge is -2.16. The van der Waals surface area contributed by atoms with Gasteiger partial charge in [-0.15, -0.1) is 0 Å². The third-order valence-electron chi connectivity index (χ3n) is 3.77. The molecule has 0 unspecified atom stereocenters. The van der Waals surface area contributed by atoms with Gasteiger partial charge in [0.2, 0.25) is 10.0 Å². The van der Waals surface area contributed by atoms with Crippen LogP contribution in [0.1, 0.15) is 29.7 Å². The van der Waals surface area contributed by atoms with E-state index in [1.165, 1.54) is 12.1 Å². The van der Waals surface area contributed by atoms with Crippen LogP contribution >= 0.6 is 0 Å². The van der Waals surface area contributed by atoms with Crippen LogP contribution in [0.25, 0.3) is 0 Å². The molecule has 0 saturated carbocycles. The molecule has 0 heterocycles. The highest BCUT2D eigenvalue weighted by atomic mass is 32.2. The zero-order valence-electron chi connectivity index (χ0n) is 14.1. The second-order valence-corrected chi connectivity index (χ2v) is 9.65. The Balaban J connectivity index is 2.28. The van der Waals surface area contributed by atoms with Gasteiger partial charge in [0.15, 0.2) is 9.84 Å². The zero-order valence-corrected chi connectivity index (χ0v) is 15.7. The zero-order chi connectivity index (χ0) is 18.1. The second kappa shape index (κ2) is 6.66. The van der Waals surface area contributed by atoms with E-state index >= 15 is 0 Å². The third-order valence-corrected chi connectivity index (χ3v) is 6.58. The van der Waals surface area contributed by atoms with E-state index in [0.717, 1.165) is 11.8 Å². The molecule has 0 radical (unpaired) electrons. The monoisotopic (exact) mass is 367 g/mol. The van der Waals surface area contributed by atoms with Crippen molar-refractivity contribution in [2.45, 2.75) is 36.6 Å². The maximum atomic E-state index is 12.6. The van der Waals surface area contributed by atoms with Crippen LogP contribution in [-0.4, -0.2) is 23.1 Å². The van der Waals surface area contributed by atoms with E-state index in [2.05, 4.69) is 4.72 Å². The molecule has 2 aromatic rings. The number of hydrogen-bond donors (Lipinski definition) is 1. The van der Waals surface area contributed by atoms with Gasteiger partial charge in [-0.05, 0) is 55.7 Å². The molecule has 0 aliphatic carbocycles. The number of rotatable bonds is 5. The number of sulfone groups is 1. The smallest absolute Gasteiger partial charge is 0.224 e. The maximum Gasteiger partial charge on any atom is 0.241 e. The number of aryl methyl sites for hydroxylation is 2. The van der Waals surface area contributed by atoms with Crippen molar-refractivity contribution in [1.29, 1.82) is 0 Å². The van der Waals surface area contributed by atoms with E-state index in [0.29, 0.717) is 11.1 Å². The summed E-state index contributed by atoms with van der Waals surface area (Å²) >= 11 is 0. The molecule has 1 atom stereocenters. The fraction of sp³-hybridized carbons (Fsp3) is 0.294. The van der Waals surface area contributed by atoms with Crippen molar-refractivity contribution < 1.29 is 16.8 Å². The lowest BCUT2D eigenvalue weighted by atomic mass is 10.1. The van der Waals surface area contributed by atoms with Gasteiger partial charge in [-0.1, -0.05) is 24.3 Å². The summed E-state index contributed by atoms with van der Waals surface area (Å²) in [5.74, 6) is 0. The van der Waals surface area contributed by atoms with Crippen LogP contribution in [0.2, 0.25) is 0 Å². The number of nitrogens with one attached hydrogen (secondary N) is 1. The molecule has 0 aromatic heterocycles. The molecular weight excluding hydrogens is 346 g/mol. The van der Waals surface area contributed by atoms with Crippen molar-refractivity contribution in [2.75, 3.05) is 6.26 Å². The highest BCUT2D eigenvalue weighted by Gasteiger charge is 2.20. The predicted octanol–water partition coefficient (Wildman–Crippen LogP) is 2.75. The Morgan fingerprint density at radius 3 is 2.04 bits per heavy atom. The number of sulfonamides is 1. The van der Waals surface area contributed by atoms with Crippen molar-refractivity contribution in [3.8, 4) is 0 Å². The van der Waals surface area contributed by atoms with Crippen molar-refractivity contribution in [1.82, 2.24) is 4.72 Å². The molecule has 0 aliphatic rings. The first-order valence-corrected chi connectivity index (χ1v) is 10.8. The maximum absolute atomic E-state index is 12.6. The molecular formula is C17H21NO4S2. The van der Waals surface area contributed by atoms with Gasteiger partial charge in [0, 0.05) is 12.3 Å². The Morgan fingerprint density at radius 2 is 1.50 bits per heavy atom. The molecule has 0 aliphatic heterocycles. The minimum absolute atomic E-state index is 0.204. The first-order valence-electron chi connectivity index (χ1n) is 7.40. The average molecular weight is 367 g/mol. The van der Waals surface area contributed by atoms with Crippen molar-refractivity contribution >= 4 is 19.9 Å². The Labute approximate surface area is 143 Å². The second-order valence-electron chi connectivity index (χ2n) is 5.95. The van der Waals surface area contributed by atoms with Crippen LogP contribution in [0.5, 0.6) is 0 Å². The van der Waals surface area contributed by atoms with Crippen LogP contribution in [0, 0.1) is 13.8 Å². The molecule has 0 amide bonds. The average Bonchev–Trinajstić information content (AvgIpc) is 2.48. The molecule has 24 heavy (non-hydrogen) atoms. The molecule has 2 rings (SSSR count). The molecule has 130 valence electrons. The van der Waals surface area contributed by atoms with Crippen LogP contribution in [0.3, 0.4) is 0 Å². The first kappa shape index (κ1) is 18.6. The highest BCUT2D eigenvalue weighted by molar-refractivity contribution is 7.90. The van der Waals surface area contributed by atoms with Gasteiger partial charge in [-0.2, -0.15) is 0 Å². The summed E-state index contributed by atoms with van der Waals surface area (Å²) in [6, 6.07) is 11.0. The molecule has 0 fully saturated rings. The summed E-state index contributed by atoms with van der Waals surface area (Å²) < 4.78 is 50.8. The number of benzene rings is 2. The van der Waals surface area contributed by atoms with Crippen LogP contribution in [-0.2, 0) is 19.9 Å². The fourth-order valence-corrected chi connectivity index (χ4v) is 4.56. The van der Waals surface area contributed by atoms with Gasteiger partial charge >= 0.3 is 0 Å². The van der Waals surface area contributed by atoms with Gasteiger partial charge in [0.05, 0.1) is 9.79 Å². The molecule has 7 heteroatoms. The Bertz CT molecular complexity index is 947. The van der Waals surface area contributed by atoms with Gasteiger partial charge in [0.1, 0.15) is 0 Å². The quantitative estimate of drug-likeness (QED) is 0.881. The SMILES string of the molecule is Cc1ccc(C)c(S(=O)(=O)N[C@@H](C)c2ccc(S(C)(=O)=O)cc2)c1. The number of hydrogen-bond acceptors (Lipinski definition) is 4. The summed E-state index contributed by atoms with van der Waals surface area (Å²) in [6.45, 7) is 5.31. The first-order chi connectivity index (χ1) is 11.0. The van der Waals surface area contributed by atoms with E-state index < -0.39 is 25.9 Å². The summed E-state index contributed by atoms with van der Waals surface area (Å²) in [7, 11) is -6.94. The van der Waals surface area contributed by atoms with Crippen molar-refractivity contribution in [2.24, 2.45) is 0 Å². The van der Waals surface area contributed by atoms with Crippen LogP contribution in [0.4, 0.5) is 0 Å². The predicted molar refractivity (Wildman–Crippen MR) is 94.2 cm³/mol. The van der Waals surface area contributed by atoms with Gasteiger partial charge in [0.25, 0.3) is 0 Å². The lowest BCUT2D eigenvalue weighted by Crippen LogP contribution is -2.27. The highest BCUT2D eigenvalue weighted by Crippen LogP contribution is 2.21. The van der Waals surface area contributed by atoms with Gasteiger partial charge in [-0.3, -0.25) is 0 Å². The summed E-state index contributed by atoms with van der Waals surface area (Å²) in [5.41, 5.74) is 2.23. The molecule has 5 nitrogen and oxygen atoms in total. The summed E-state index contributed by atoms with van der Waals surface area (Å²) in [4.78, 5) is 0.456. The minimum Gasteiger partial charge on any atom is -0.224 e. The summed E-state index contributed by atoms with van der Waals surface area (Å²) in [6.07, 6.45) is 1.13. The van der Waals surface area contributed by atoms with Gasteiger partial charge in [-0.25, -0.2) is 21.6 Å². The van der Waals surface area contributed by atoms with Crippen molar-refractivity contribution in [3.63, 3.8) is 0 Å². The largest absolute Gasteiger partial charge is 0.241 e. The van der Waals surface area contributed by atoms with E-state index in [9.17, 15) is 16.8 Å². The van der Waals surface area contributed by atoms with E-state index in [1.807, 2.05) is 13.0 Å². The molecule has 0 spiro atoms. The fourth-order valence-electron chi connectivity index (χ4n) is 2.36. The molecule has 1 N–H and O–H groups in total. The Hall–Kier alpha value is -1.70. The molecule has 0 saturated heterocycles. The van der Waals surface area contributed by atoms with Gasteiger partial charge < -0.3 is 0 Å². The van der Waals surface area contributed by atoms with E-state index in [-0.39, 0.29) is 9.79 Å². The van der Waals surface area contributed by atoms with E-state index in [1.54, 1.807) is 38.1 Å². The van der Waals surface area contributed by atoms with Crippen molar-refractivity contribution in [3.05, 3.63) is 59.2 Å². The van der Waals surface area contributed by atoms with E-state index in [4.69, 9.17) is 0 Å². The summed E-state index contributed by atoms with van der Waals surface area (Å²) in [5, 5.41) is 0. The minimum atomic E-state index is -3.67. The normalized spacial score (nSPS) is 13.7. The third kappa shape index (κ3) is 4.23. The Morgan fingerprint density at radius 1 is 0.917 bits per heavy atom. The molecule has 2 aromatic carbocycles. The van der Waals surface area contributed by atoms with Crippen LogP contribution in [0.15, 0.2) is 52.3 Å². The standard InChI is InChI=1S/C17H21NO4S2/c1-12-5-6-13(2)17(11-12)24(21,22)18-14(3)15-7-9-16(10-8-15)23(4,19)20/h5-11,14,18H,1-4H3/t14-/m0/s1. The topological polar surface area (TPSA) is 80.3 Å². The Kier molecular flexibility index (Phi) is 5.17.